The van der Waals surface area contributed by atoms with Gasteiger partial charge in [-0.05, 0) is 97.2 Å². The molecule has 1 fully saturated rings. The summed E-state index contributed by atoms with van der Waals surface area (Å²) in [6, 6.07) is 16.7. The van der Waals surface area contributed by atoms with E-state index in [1.807, 2.05) is 12.1 Å². The number of benzene rings is 2. The molecule has 5 rings (SSSR count). The Morgan fingerprint density at radius 2 is 1.79 bits per heavy atom. The molecule has 1 saturated carbocycles. The lowest BCUT2D eigenvalue weighted by Gasteiger charge is -2.23. The highest BCUT2D eigenvalue weighted by Crippen LogP contribution is 2.41. The first-order chi connectivity index (χ1) is 16.5. The van der Waals surface area contributed by atoms with Gasteiger partial charge in [-0.15, -0.1) is 11.3 Å². The molecule has 2 aliphatic carbocycles. The van der Waals surface area contributed by atoms with Crippen molar-refractivity contribution in [1.82, 2.24) is 5.32 Å². The van der Waals surface area contributed by atoms with Gasteiger partial charge in [0.2, 0.25) is 5.91 Å². The predicted octanol–water partition coefficient (Wildman–Crippen LogP) is 6.23. The van der Waals surface area contributed by atoms with Gasteiger partial charge in [0, 0.05) is 23.2 Å². The minimum absolute atomic E-state index is 0.0913. The zero-order valence-electron chi connectivity index (χ0n) is 18.9. The fraction of sp³-hybridized carbons (Fsp3) is 0.370. The van der Waals surface area contributed by atoms with Crippen LogP contribution >= 0.6 is 22.9 Å². The lowest BCUT2D eigenvalue weighted by Crippen LogP contribution is -2.37. The molecule has 1 aromatic heterocycles. The summed E-state index contributed by atoms with van der Waals surface area (Å²) < 4.78 is 19.4. The Labute approximate surface area is 208 Å². The summed E-state index contributed by atoms with van der Waals surface area (Å²) in [4.78, 5) is 13.7. The highest BCUT2D eigenvalue weighted by Gasteiger charge is 2.38. The van der Waals surface area contributed by atoms with Crippen molar-refractivity contribution in [1.29, 1.82) is 0 Å². The second-order valence-corrected chi connectivity index (χ2v) is 11.0. The summed E-state index contributed by atoms with van der Waals surface area (Å²) in [6.07, 6.45) is 4.85. The van der Waals surface area contributed by atoms with E-state index in [1.165, 1.54) is 41.0 Å². The number of carbonyl (C=O) groups excluding carboxylic acids is 1. The maximum atomic E-state index is 13.0. The largest absolute Gasteiger partial charge is 0.493 e. The van der Waals surface area contributed by atoms with Crippen LogP contribution in [0.1, 0.15) is 35.3 Å². The standard InChI is InChI=1S/C27H28ClFN2O2S/c28-25-10-9-24(34-25)16-30-27-18-1-2-19(27)14-20-15-22(6-3-17(20)13-18)31-26(32)11-12-33-23-7-4-21(29)5-8-23/h3-10,15,18-19,27,30H,1-2,11-14,16H2,(H,31,32)/t18-,19+,27+/m0/s1. The molecule has 3 atom stereocenters. The molecule has 0 aliphatic heterocycles. The van der Waals surface area contributed by atoms with Crippen molar-refractivity contribution in [2.45, 2.75) is 44.7 Å². The summed E-state index contributed by atoms with van der Waals surface area (Å²) in [7, 11) is 0. The molecule has 0 saturated heterocycles. The summed E-state index contributed by atoms with van der Waals surface area (Å²) in [5.74, 6) is 1.41. The molecule has 3 aromatic rings. The van der Waals surface area contributed by atoms with E-state index < -0.39 is 0 Å². The molecule has 0 radical (unpaired) electrons. The Kier molecular flexibility index (Phi) is 7.18. The average molecular weight is 499 g/mol. The van der Waals surface area contributed by atoms with Crippen molar-refractivity contribution in [3.63, 3.8) is 0 Å². The van der Waals surface area contributed by atoms with Crippen LogP contribution in [0.2, 0.25) is 4.34 Å². The number of hydrogen-bond donors (Lipinski definition) is 2. The zero-order valence-corrected chi connectivity index (χ0v) is 20.4. The van der Waals surface area contributed by atoms with Crippen molar-refractivity contribution in [3.8, 4) is 5.75 Å². The highest BCUT2D eigenvalue weighted by molar-refractivity contribution is 7.16. The molecule has 1 heterocycles. The van der Waals surface area contributed by atoms with Crippen LogP contribution in [0.4, 0.5) is 10.1 Å². The van der Waals surface area contributed by atoms with Crippen molar-refractivity contribution in [3.05, 3.63) is 80.8 Å². The SMILES string of the molecule is O=C(CCOc1ccc(F)cc1)Nc1ccc2c(c1)C[C@H]1CC[C@@H](C2)[C@H]1NCc1ccc(Cl)s1. The molecule has 0 unspecified atom stereocenters. The van der Waals surface area contributed by atoms with Crippen LogP contribution < -0.4 is 15.4 Å². The summed E-state index contributed by atoms with van der Waals surface area (Å²) in [5, 5.41) is 6.83. The molecule has 2 aromatic carbocycles. The van der Waals surface area contributed by atoms with E-state index in [0.29, 0.717) is 23.6 Å². The van der Waals surface area contributed by atoms with E-state index in [-0.39, 0.29) is 24.8 Å². The minimum atomic E-state index is -0.309. The van der Waals surface area contributed by atoms with Crippen LogP contribution in [0.25, 0.3) is 0 Å². The third kappa shape index (κ3) is 5.62. The van der Waals surface area contributed by atoms with Crippen molar-refractivity contribution >= 4 is 34.5 Å². The summed E-state index contributed by atoms with van der Waals surface area (Å²) >= 11 is 7.73. The molecule has 2 aliphatic rings. The highest BCUT2D eigenvalue weighted by atomic mass is 35.5. The minimum Gasteiger partial charge on any atom is -0.493 e. The maximum Gasteiger partial charge on any atom is 0.227 e. The number of hydrogen-bond acceptors (Lipinski definition) is 4. The molecular weight excluding hydrogens is 471 g/mol. The molecule has 0 spiro atoms. The monoisotopic (exact) mass is 498 g/mol. The van der Waals surface area contributed by atoms with E-state index in [2.05, 4.69) is 28.8 Å². The summed E-state index contributed by atoms with van der Waals surface area (Å²) in [6.45, 7) is 1.11. The average Bonchev–Trinajstić information content (AvgIpc) is 3.35. The first-order valence-electron chi connectivity index (χ1n) is 11.8. The topological polar surface area (TPSA) is 50.4 Å². The Bertz CT molecular complexity index is 1150. The number of thiophene rings is 1. The molecule has 1 amide bonds. The Morgan fingerprint density at radius 1 is 1.03 bits per heavy atom. The van der Waals surface area contributed by atoms with Crippen LogP contribution in [0, 0.1) is 17.7 Å². The second-order valence-electron chi connectivity index (χ2n) is 9.20. The van der Waals surface area contributed by atoms with Gasteiger partial charge in [-0.3, -0.25) is 4.79 Å². The number of fused-ring (bicyclic) bond motifs is 3. The molecule has 2 N–H and O–H groups in total. The lowest BCUT2D eigenvalue weighted by molar-refractivity contribution is -0.116. The van der Waals surface area contributed by atoms with Gasteiger partial charge >= 0.3 is 0 Å². The number of ether oxygens (including phenoxy) is 1. The number of halogens is 2. The molecule has 4 nitrogen and oxygen atoms in total. The van der Waals surface area contributed by atoms with E-state index in [4.69, 9.17) is 16.3 Å². The van der Waals surface area contributed by atoms with Gasteiger partial charge in [0.1, 0.15) is 11.6 Å². The van der Waals surface area contributed by atoms with Crippen LogP contribution in [-0.4, -0.2) is 18.6 Å². The third-order valence-corrected chi connectivity index (χ3v) is 8.16. The summed E-state index contributed by atoms with van der Waals surface area (Å²) in [5.41, 5.74) is 3.58. The number of rotatable bonds is 8. The van der Waals surface area contributed by atoms with Crippen molar-refractivity contribution in [2.24, 2.45) is 11.8 Å². The fourth-order valence-electron chi connectivity index (χ4n) is 5.30. The zero-order chi connectivity index (χ0) is 23.5. The Hall–Kier alpha value is -2.41. The first-order valence-corrected chi connectivity index (χ1v) is 13.0. The van der Waals surface area contributed by atoms with E-state index >= 15 is 0 Å². The van der Waals surface area contributed by atoms with E-state index in [9.17, 15) is 9.18 Å². The van der Waals surface area contributed by atoms with Gasteiger partial charge in [0.15, 0.2) is 0 Å². The van der Waals surface area contributed by atoms with Crippen molar-refractivity contribution < 1.29 is 13.9 Å². The molecule has 2 bridgehead atoms. The van der Waals surface area contributed by atoms with Gasteiger partial charge in [0.25, 0.3) is 0 Å². The first kappa shape index (κ1) is 23.3. The van der Waals surface area contributed by atoms with Crippen LogP contribution in [0.3, 0.4) is 0 Å². The van der Waals surface area contributed by atoms with Gasteiger partial charge in [-0.2, -0.15) is 0 Å². The molecule has 7 heteroatoms. The van der Waals surface area contributed by atoms with Crippen molar-refractivity contribution in [2.75, 3.05) is 11.9 Å². The Morgan fingerprint density at radius 3 is 2.53 bits per heavy atom. The smallest absolute Gasteiger partial charge is 0.227 e. The molecule has 178 valence electrons. The lowest BCUT2D eigenvalue weighted by atomic mass is 9.93. The van der Waals surface area contributed by atoms with Gasteiger partial charge in [0.05, 0.1) is 17.4 Å². The van der Waals surface area contributed by atoms with Gasteiger partial charge < -0.3 is 15.4 Å². The third-order valence-electron chi connectivity index (χ3n) is 6.93. The van der Waals surface area contributed by atoms with Gasteiger partial charge in [-0.1, -0.05) is 17.7 Å². The van der Waals surface area contributed by atoms with E-state index in [0.717, 1.165) is 29.4 Å². The van der Waals surface area contributed by atoms with Crippen LogP contribution in [-0.2, 0) is 24.2 Å². The van der Waals surface area contributed by atoms with Crippen LogP contribution in [0.5, 0.6) is 5.75 Å². The van der Waals surface area contributed by atoms with Crippen LogP contribution in [0.15, 0.2) is 54.6 Å². The number of carbonyl (C=O) groups is 1. The fourth-order valence-corrected chi connectivity index (χ4v) is 6.34. The number of anilines is 1. The quantitative estimate of drug-likeness (QED) is 0.387. The predicted molar refractivity (Wildman–Crippen MR) is 135 cm³/mol. The van der Waals surface area contributed by atoms with E-state index in [1.54, 1.807) is 23.5 Å². The maximum absolute atomic E-state index is 13.0. The van der Waals surface area contributed by atoms with Gasteiger partial charge in [-0.25, -0.2) is 4.39 Å². The normalized spacial score (nSPS) is 21.1. The number of amides is 1. The second kappa shape index (κ2) is 10.5. The number of nitrogens with one attached hydrogen (secondary N) is 2. The Balaban J connectivity index is 1.16. The molecular formula is C27H28ClFN2O2S. The molecule has 34 heavy (non-hydrogen) atoms.